The monoisotopic (exact) mass is 222 g/mol. The van der Waals surface area contributed by atoms with E-state index in [0.717, 1.165) is 5.92 Å². The van der Waals surface area contributed by atoms with Gasteiger partial charge in [-0.1, -0.05) is 67.6 Å². The molecular weight excluding hydrogens is 204 g/mol. The van der Waals surface area contributed by atoms with E-state index in [-0.39, 0.29) is 5.41 Å². The summed E-state index contributed by atoms with van der Waals surface area (Å²) in [4.78, 5) is 0. The third-order valence-corrected chi connectivity index (χ3v) is 3.92. The van der Waals surface area contributed by atoms with Crippen molar-refractivity contribution >= 4 is 5.57 Å². The molecule has 1 unspecified atom stereocenters. The predicted molar refractivity (Wildman–Crippen MR) is 73.5 cm³/mol. The third-order valence-electron chi connectivity index (χ3n) is 3.92. The minimum absolute atomic E-state index is 0.271. The second-order valence-corrected chi connectivity index (χ2v) is 5.32. The van der Waals surface area contributed by atoms with E-state index in [1.807, 2.05) is 0 Å². The number of hydrogen-bond donors (Lipinski definition) is 0. The fraction of sp³-hybridized carbons (Fsp3) is 0.294. The summed E-state index contributed by atoms with van der Waals surface area (Å²) in [6.45, 7) is 2.35. The van der Waals surface area contributed by atoms with Gasteiger partial charge in [-0.15, -0.1) is 0 Å². The standard InChI is InChI=1S/C17H18/c1-17(16-9-10-16)12-5-8-15(11-13-17)14-6-3-2-4-7-14/h2-8,11-13,16H,9-10H2,1H3. The normalized spacial score (nSPS) is 27.7. The highest BCUT2D eigenvalue weighted by Crippen LogP contribution is 2.48. The molecule has 0 radical (unpaired) electrons. The van der Waals surface area contributed by atoms with E-state index >= 15 is 0 Å². The lowest BCUT2D eigenvalue weighted by Gasteiger charge is -2.20. The lowest BCUT2D eigenvalue weighted by atomic mass is 9.84. The molecule has 1 aromatic carbocycles. The molecule has 3 rings (SSSR count). The van der Waals surface area contributed by atoms with Crippen LogP contribution in [0, 0.1) is 11.3 Å². The molecule has 86 valence electrons. The first-order valence-electron chi connectivity index (χ1n) is 6.42. The van der Waals surface area contributed by atoms with Crippen LogP contribution in [0.25, 0.3) is 5.57 Å². The molecule has 0 aliphatic heterocycles. The number of allylic oxidation sites excluding steroid dienone is 6. The maximum atomic E-state index is 2.38. The van der Waals surface area contributed by atoms with E-state index in [4.69, 9.17) is 0 Å². The third kappa shape index (κ3) is 2.12. The van der Waals surface area contributed by atoms with Crippen molar-refractivity contribution in [2.45, 2.75) is 19.8 Å². The maximum Gasteiger partial charge on any atom is 0.00673 e. The van der Waals surface area contributed by atoms with Crippen molar-refractivity contribution in [3.63, 3.8) is 0 Å². The van der Waals surface area contributed by atoms with E-state index < -0.39 is 0 Å². The highest BCUT2D eigenvalue weighted by Gasteiger charge is 2.37. The van der Waals surface area contributed by atoms with Gasteiger partial charge in [0.2, 0.25) is 0 Å². The van der Waals surface area contributed by atoms with Crippen LogP contribution in [0.4, 0.5) is 0 Å². The molecule has 0 nitrogen and oxygen atoms in total. The van der Waals surface area contributed by atoms with Gasteiger partial charge < -0.3 is 0 Å². The van der Waals surface area contributed by atoms with Gasteiger partial charge in [0, 0.05) is 5.41 Å². The van der Waals surface area contributed by atoms with E-state index in [1.165, 1.54) is 24.0 Å². The molecule has 0 spiro atoms. The Morgan fingerprint density at radius 3 is 2.53 bits per heavy atom. The van der Waals surface area contributed by atoms with Gasteiger partial charge in [0.25, 0.3) is 0 Å². The minimum Gasteiger partial charge on any atom is -0.0745 e. The van der Waals surface area contributed by atoms with Crippen LogP contribution in [0.1, 0.15) is 25.3 Å². The van der Waals surface area contributed by atoms with Gasteiger partial charge in [0.05, 0.1) is 0 Å². The minimum atomic E-state index is 0.271. The average molecular weight is 222 g/mol. The number of hydrogen-bond acceptors (Lipinski definition) is 0. The summed E-state index contributed by atoms with van der Waals surface area (Å²) in [7, 11) is 0. The summed E-state index contributed by atoms with van der Waals surface area (Å²) in [5, 5.41) is 0. The topological polar surface area (TPSA) is 0 Å². The van der Waals surface area contributed by atoms with Crippen molar-refractivity contribution in [3.8, 4) is 0 Å². The summed E-state index contributed by atoms with van der Waals surface area (Å²) in [6, 6.07) is 10.6. The summed E-state index contributed by atoms with van der Waals surface area (Å²) in [5.41, 5.74) is 2.88. The van der Waals surface area contributed by atoms with Gasteiger partial charge in [-0.05, 0) is 29.9 Å². The Kier molecular flexibility index (Phi) is 2.51. The lowest BCUT2D eigenvalue weighted by molar-refractivity contribution is 0.474. The van der Waals surface area contributed by atoms with Crippen molar-refractivity contribution < 1.29 is 0 Å². The molecule has 0 heterocycles. The zero-order chi connectivity index (χ0) is 11.7. The van der Waals surface area contributed by atoms with Crippen LogP contribution in [0.5, 0.6) is 0 Å². The highest BCUT2D eigenvalue weighted by atomic mass is 14.4. The van der Waals surface area contributed by atoms with Crippen molar-refractivity contribution in [1.29, 1.82) is 0 Å². The Hall–Kier alpha value is -1.56. The Bertz CT molecular complexity index is 486. The van der Waals surface area contributed by atoms with E-state index in [1.54, 1.807) is 0 Å². The SMILES string of the molecule is CC1(C2CC2)C=CC=C(c2ccccc2)C=C1. The number of rotatable bonds is 2. The Balaban J connectivity index is 1.90. The van der Waals surface area contributed by atoms with Gasteiger partial charge in [-0.25, -0.2) is 0 Å². The van der Waals surface area contributed by atoms with Crippen LogP contribution in [-0.4, -0.2) is 0 Å². The molecule has 1 saturated carbocycles. The molecule has 2 aliphatic rings. The van der Waals surface area contributed by atoms with Crippen molar-refractivity contribution in [3.05, 3.63) is 66.3 Å². The molecule has 0 heteroatoms. The fourth-order valence-corrected chi connectivity index (χ4v) is 2.54. The molecule has 1 aromatic rings. The van der Waals surface area contributed by atoms with Crippen LogP contribution >= 0.6 is 0 Å². The Morgan fingerprint density at radius 2 is 1.82 bits per heavy atom. The maximum absolute atomic E-state index is 2.38. The van der Waals surface area contributed by atoms with Crippen molar-refractivity contribution in [2.75, 3.05) is 0 Å². The largest absolute Gasteiger partial charge is 0.0745 e. The lowest BCUT2D eigenvalue weighted by Crippen LogP contribution is -2.11. The second-order valence-electron chi connectivity index (χ2n) is 5.32. The van der Waals surface area contributed by atoms with E-state index in [2.05, 4.69) is 67.6 Å². The van der Waals surface area contributed by atoms with Gasteiger partial charge in [0.15, 0.2) is 0 Å². The first kappa shape index (κ1) is 10.6. The van der Waals surface area contributed by atoms with Gasteiger partial charge in [-0.3, -0.25) is 0 Å². The van der Waals surface area contributed by atoms with Gasteiger partial charge in [-0.2, -0.15) is 0 Å². The Morgan fingerprint density at radius 1 is 1.06 bits per heavy atom. The van der Waals surface area contributed by atoms with Crippen LogP contribution in [0.2, 0.25) is 0 Å². The second kappa shape index (κ2) is 4.03. The molecule has 1 fully saturated rings. The summed E-state index contributed by atoms with van der Waals surface area (Å²) >= 11 is 0. The summed E-state index contributed by atoms with van der Waals surface area (Å²) < 4.78 is 0. The molecule has 0 saturated heterocycles. The van der Waals surface area contributed by atoms with Crippen LogP contribution in [-0.2, 0) is 0 Å². The molecule has 0 N–H and O–H groups in total. The van der Waals surface area contributed by atoms with Gasteiger partial charge in [0.1, 0.15) is 0 Å². The molecule has 0 amide bonds. The first-order chi connectivity index (χ1) is 8.28. The molecule has 1 atom stereocenters. The Labute approximate surface area is 103 Å². The van der Waals surface area contributed by atoms with Crippen LogP contribution in [0.15, 0.2) is 60.7 Å². The van der Waals surface area contributed by atoms with E-state index in [0.29, 0.717) is 0 Å². The summed E-state index contributed by atoms with van der Waals surface area (Å²) in [6.07, 6.45) is 14.2. The zero-order valence-corrected chi connectivity index (χ0v) is 10.3. The van der Waals surface area contributed by atoms with Crippen molar-refractivity contribution in [2.24, 2.45) is 11.3 Å². The van der Waals surface area contributed by atoms with Crippen LogP contribution < -0.4 is 0 Å². The molecule has 0 aromatic heterocycles. The van der Waals surface area contributed by atoms with E-state index in [9.17, 15) is 0 Å². The molecular formula is C17H18. The molecule has 2 aliphatic carbocycles. The van der Waals surface area contributed by atoms with Crippen LogP contribution in [0.3, 0.4) is 0 Å². The zero-order valence-electron chi connectivity index (χ0n) is 10.3. The molecule has 17 heavy (non-hydrogen) atoms. The quantitative estimate of drug-likeness (QED) is 0.685. The summed E-state index contributed by atoms with van der Waals surface area (Å²) in [5.74, 6) is 0.860. The fourth-order valence-electron chi connectivity index (χ4n) is 2.54. The smallest absolute Gasteiger partial charge is 0.00673 e. The highest BCUT2D eigenvalue weighted by molar-refractivity contribution is 5.76. The molecule has 0 bridgehead atoms. The van der Waals surface area contributed by atoms with Crippen molar-refractivity contribution in [1.82, 2.24) is 0 Å². The number of benzene rings is 1. The predicted octanol–water partition coefficient (Wildman–Crippen LogP) is 4.61. The van der Waals surface area contributed by atoms with Gasteiger partial charge >= 0.3 is 0 Å². The average Bonchev–Trinajstić information content (AvgIpc) is 3.17. The first-order valence-corrected chi connectivity index (χ1v) is 6.42.